The molecule has 0 N–H and O–H groups in total. The monoisotopic (exact) mass is 811 g/mol. The molecule has 0 aliphatic rings. The van der Waals surface area contributed by atoms with E-state index in [-0.39, 0.29) is 31.1 Å². The minimum atomic E-state index is -0.781. The van der Waals surface area contributed by atoms with Crippen molar-refractivity contribution < 1.29 is 28.6 Å². The van der Waals surface area contributed by atoms with Crippen LogP contribution in [0.4, 0.5) is 0 Å². The molecule has 58 heavy (non-hydrogen) atoms. The smallest absolute Gasteiger partial charge is 0.306 e. The number of carbonyl (C=O) groups excluding carboxylic acids is 3. The lowest BCUT2D eigenvalue weighted by molar-refractivity contribution is -0.167. The minimum absolute atomic E-state index is 0.0835. The summed E-state index contributed by atoms with van der Waals surface area (Å²) in [6.45, 7) is 6.44. The second-order valence-electron chi connectivity index (χ2n) is 16.0. The van der Waals surface area contributed by atoms with Gasteiger partial charge >= 0.3 is 17.9 Å². The van der Waals surface area contributed by atoms with Gasteiger partial charge in [0.25, 0.3) is 0 Å². The first-order valence-corrected chi connectivity index (χ1v) is 24.3. The molecule has 0 saturated heterocycles. The predicted octanol–water partition coefficient (Wildman–Crippen LogP) is 15.7. The van der Waals surface area contributed by atoms with E-state index in [4.69, 9.17) is 14.2 Å². The molecule has 334 valence electrons. The van der Waals surface area contributed by atoms with Gasteiger partial charge in [0.05, 0.1) is 0 Å². The van der Waals surface area contributed by atoms with Gasteiger partial charge in [0.2, 0.25) is 0 Å². The molecule has 0 aromatic carbocycles. The van der Waals surface area contributed by atoms with Crippen molar-refractivity contribution in [3.8, 4) is 0 Å². The molecule has 0 rings (SSSR count). The molecule has 0 fully saturated rings. The molecule has 0 aliphatic heterocycles. The van der Waals surface area contributed by atoms with E-state index in [2.05, 4.69) is 81.5 Å². The third-order valence-corrected chi connectivity index (χ3v) is 10.3. The van der Waals surface area contributed by atoms with Gasteiger partial charge in [0.1, 0.15) is 13.2 Å². The summed E-state index contributed by atoms with van der Waals surface area (Å²) in [6.07, 6.45) is 56.5. The van der Waals surface area contributed by atoms with Crippen molar-refractivity contribution in [1.29, 1.82) is 0 Å². The average Bonchev–Trinajstić information content (AvgIpc) is 3.22. The number of carbonyl (C=O) groups is 3. The number of hydrogen-bond acceptors (Lipinski definition) is 6. The number of unbranched alkanes of at least 4 members (excludes halogenated alkanes) is 22. The molecule has 0 radical (unpaired) electrons. The lowest BCUT2D eigenvalue weighted by Crippen LogP contribution is -2.30. The molecule has 6 nitrogen and oxygen atoms in total. The molecule has 0 aromatic heterocycles. The maximum Gasteiger partial charge on any atom is 0.306 e. The molecule has 0 aliphatic carbocycles. The van der Waals surface area contributed by atoms with Gasteiger partial charge < -0.3 is 14.2 Å². The fourth-order valence-electron chi connectivity index (χ4n) is 6.64. The van der Waals surface area contributed by atoms with Crippen LogP contribution in [0.3, 0.4) is 0 Å². The van der Waals surface area contributed by atoms with Crippen LogP contribution >= 0.6 is 0 Å². The zero-order valence-electron chi connectivity index (χ0n) is 38.0. The number of allylic oxidation sites excluding steroid dienone is 10. The molecule has 1 unspecified atom stereocenters. The normalized spacial score (nSPS) is 12.5. The Balaban J connectivity index is 4.29. The first-order valence-electron chi connectivity index (χ1n) is 24.3. The first kappa shape index (κ1) is 55.1. The van der Waals surface area contributed by atoms with E-state index in [0.717, 1.165) is 96.3 Å². The summed E-state index contributed by atoms with van der Waals surface area (Å²) in [5.41, 5.74) is 0. The van der Waals surface area contributed by atoms with Crippen LogP contribution in [-0.4, -0.2) is 37.2 Å². The molecule has 0 aromatic rings. The second kappa shape index (κ2) is 46.8. The Hall–Kier alpha value is -2.89. The summed E-state index contributed by atoms with van der Waals surface area (Å²) < 4.78 is 16.6. The van der Waals surface area contributed by atoms with Gasteiger partial charge in [-0.25, -0.2) is 0 Å². The Morgan fingerprint density at radius 1 is 0.362 bits per heavy atom. The molecule has 0 heterocycles. The predicted molar refractivity (Wildman–Crippen MR) is 247 cm³/mol. The van der Waals surface area contributed by atoms with Crippen molar-refractivity contribution in [3.05, 3.63) is 60.8 Å². The van der Waals surface area contributed by atoms with E-state index in [1.165, 1.54) is 96.3 Å². The molecular formula is C52H90O6. The van der Waals surface area contributed by atoms with E-state index in [0.29, 0.717) is 19.3 Å². The Kier molecular flexibility index (Phi) is 44.5. The maximum atomic E-state index is 12.7. The van der Waals surface area contributed by atoms with Crippen molar-refractivity contribution >= 4 is 17.9 Å². The fourth-order valence-corrected chi connectivity index (χ4v) is 6.64. The van der Waals surface area contributed by atoms with Gasteiger partial charge in [-0.2, -0.15) is 0 Å². The molecule has 0 saturated carbocycles. The molecule has 0 spiro atoms. The van der Waals surface area contributed by atoms with E-state index in [1.54, 1.807) is 0 Å². The summed E-state index contributed by atoms with van der Waals surface area (Å²) in [7, 11) is 0. The number of esters is 3. The van der Waals surface area contributed by atoms with Crippen LogP contribution in [-0.2, 0) is 28.6 Å². The molecule has 6 heteroatoms. The number of hydrogen-bond donors (Lipinski definition) is 0. The van der Waals surface area contributed by atoms with Crippen molar-refractivity contribution in [1.82, 2.24) is 0 Å². The highest BCUT2D eigenvalue weighted by Gasteiger charge is 2.19. The van der Waals surface area contributed by atoms with Gasteiger partial charge in [-0.15, -0.1) is 0 Å². The lowest BCUT2D eigenvalue weighted by Gasteiger charge is -2.18. The maximum absolute atomic E-state index is 12.7. The van der Waals surface area contributed by atoms with Crippen molar-refractivity contribution in [2.45, 2.75) is 239 Å². The highest BCUT2D eigenvalue weighted by atomic mass is 16.6. The summed E-state index contributed by atoms with van der Waals surface area (Å²) in [5.74, 6) is -0.924. The van der Waals surface area contributed by atoms with Crippen LogP contribution in [0.1, 0.15) is 233 Å². The van der Waals surface area contributed by atoms with E-state index in [1.807, 2.05) is 0 Å². The number of ether oxygens (including phenoxy) is 3. The lowest BCUT2D eigenvalue weighted by atomic mass is 10.0. The largest absolute Gasteiger partial charge is 0.462 e. The number of rotatable bonds is 43. The molecule has 0 amide bonds. The van der Waals surface area contributed by atoms with Crippen LogP contribution in [0.25, 0.3) is 0 Å². The SMILES string of the molecule is CC/C=C\C/C=C\C/C=C\C/C=C\C/C=C\CCCCCC(=O)OCC(COC(=O)CCCCCCCC)OC(=O)CCCCCCCCCCCCCCCCC. The zero-order chi connectivity index (χ0) is 42.3. The van der Waals surface area contributed by atoms with Crippen LogP contribution in [0.2, 0.25) is 0 Å². The van der Waals surface area contributed by atoms with E-state index >= 15 is 0 Å². The van der Waals surface area contributed by atoms with Crippen LogP contribution < -0.4 is 0 Å². The Morgan fingerprint density at radius 3 is 1.05 bits per heavy atom. The average molecular weight is 811 g/mol. The summed E-state index contributed by atoms with van der Waals surface area (Å²) >= 11 is 0. The third kappa shape index (κ3) is 44.2. The van der Waals surface area contributed by atoms with E-state index in [9.17, 15) is 14.4 Å². The first-order chi connectivity index (χ1) is 28.5. The van der Waals surface area contributed by atoms with E-state index < -0.39 is 6.10 Å². The van der Waals surface area contributed by atoms with Crippen molar-refractivity contribution in [2.24, 2.45) is 0 Å². The second-order valence-corrected chi connectivity index (χ2v) is 16.0. The standard InChI is InChI=1S/C52H90O6/c1-4-7-10-13-16-18-20-22-24-25-26-27-29-30-32-34-36-39-42-45-51(54)57-48-49(47-56-50(53)44-41-38-15-12-9-6-3)58-52(55)46-43-40-37-35-33-31-28-23-21-19-17-14-11-8-5-2/h7,10,16,18,22,24,26-27,30,32,49H,4-6,8-9,11-15,17,19-21,23,25,28-29,31,33-48H2,1-3H3/b10-7-,18-16-,24-22-,27-26-,32-30-. The van der Waals surface area contributed by atoms with Gasteiger partial charge in [-0.3, -0.25) is 14.4 Å². The third-order valence-electron chi connectivity index (χ3n) is 10.3. The molecule has 1 atom stereocenters. The molecular weight excluding hydrogens is 721 g/mol. The van der Waals surface area contributed by atoms with Crippen LogP contribution in [0.15, 0.2) is 60.8 Å². The summed E-state index contributed by atoms with van der Waals surface area (Å²) in [4.78, 5) is 37.6. The van der Waals surface area contributed by atoms with Crippen molar-refractivity contribution in [2.75, 3.05) is 13.2 Å². The molecule has 0 bridgehead atoms. The minimum Gasteiger partial charge on any atom is -0.462 e. The summed E-state index contributed by atoms with van der Waals surface area (Å²) in [5, 5.41) is 0. The fraction of sp³-hybridized carbons (Fsp3) is 0.750. The van der Waals surface area contributed by atoms with Gasteiger partial charge in [-0.1, -0.05) is 210 Å². The van der Waals surface area contributed by atoms with Crippen LogP contribution in [0, 0.1) is 0 Å². The Bertz CT molecular complexity index is 1070. The zero-order valence-corrected chi connectivity index (χ0v) is 38.0. The van der Waals surface area contributed by atoms with Crippen LogP contribution in [0.5, 0.6) is 0 Å². The summed E-state index contributed by atoms with van der Waals surface area (Å²) in [6, 6.07) is 0. The van der Waals surface area contributed by atoms with Gasteiger partial charge in [-0.05, 0) is 64.2 Å². The van der Waals surface area contributed by atoms with Gasteiger partial charge in [0, 0.05) is 19.3 Å². The quantitative estimate of drug-likeness (QED) is 0.0264. The highest BCUT2D eigenvalue weighted by molar-refractivity contribution is 5.71. The topological polar surface area (TPSA) is 78.9 Å². The van der Waals surface area contributed by atoms with Gasteiger partial charge in [0.15, 0.2) is 6.10 Å². The Labute approximate surface area is 358 Å². The Morgan fingerprint density at radius 2 is 0.672 bits per heavy atom. The van der Waals surface area contributed by atoms with Crippen molar-refractivity contribution in [3.63, 3.8) is 0 Å². The highest BCUT2D eigenvalue weighted by Crippen LogP contribution is 2.15.